The quantitative estimate of drug-likeness (QED) is 0.704. The van der Waals surface area contributed by atoms with Crippen molar-refractivity contribution in [2.45, 2.75) is 31.4 Å². The van der Waals surface area contributed by atoms with Gasteiger partial charge in [0, 0.05) is 13.1 Å². The summed E-state index contributed by atoms with van der Waals surface area (Å²) in [5.74, 6) is -1.33. The van der Waals surface area contributed by atoms with Crippen LogP contribution in [0.15, 0.2) is 0 Å². The molecule has 0 saturated carbocycles. The van der Waals surface area contributed by atoms with E-state index in [1.807, 2.05) is 0 Å². The molecule has 1 saturated heterocycles. The molecule has 1 heterocycles. The third-order valence-electron chi connectivity index (χ3n) is 2.43. The highest BCUT2D eigenvalue weighted by Crippen LogP contribution is 2.08. The van der Waals surface area contributed by atoms with E-state index in [1.165, 1.54) is 0 Å². The molecule has 0 aromatic heterocycles. The van der Waals surface area contributed by atoms with Crippen LogP contribution in [0.1, 0.15) is 26.2 Å². The number of hydrogen-bond acceptors (Lipinski definition) is 4. The minimum atomic E-state index is -3.78. The Bertz CT molecular complexity index is 322. The lowest BCUT2D eigenvalue weighted by atomic mass is 10.2. The molecule has 1 aliphatic rings. The summed E-state index contributed by atoms with van der Waals surface area (Å²) in [6.45, 7) is 2.45. The second-order valence-corrected chi connectivity index (χ2v) is 5.64. The smallest absolute Gasteiger partial charge is 0.323 e. The lowest BCUT2D eigenvalue weighted by Gasteiger charge is -2.27. The largest absolute Gasteiger partial charge is 0.480 e. The zero-order valence-corrected chi connectivity index (χ0v) is 9.46. The van der Waals surface area contributed by atoms with E-state index in [4.69, 9.17) is 5.11 Å². The molecule has 1 unspecified atom stereocenters. The fourth-order valence-corrected chi connectivity index (χ4v) is 2.34. The molecule has 1 fully saturated rings. The topological polar surface area (TPSA) is 86.7 Å². The van der Waals surface area contributed by atoms with E-state index in [-0.39, 0.29) is 0 Å². The van der Waals surface area contributed by atoms with E-state index in [9.17, 15) is 13.2 Å². The summed E-state index contributed by atoms with van der Waals surface area (Å²) in [6, 6.07) is 0. The van der Waals surface area contributed by atoms with Gasteiger partial charge in [0.2, 0.25) is 10.0 Å². The number of rotatable bonds is 4. The number of sulfonamides is 1. The highest BCUT2D eigenvalue weighted by atomic mass is 32.2. The molecule has 0 amide bonds. The molecule has 15 heavy (non-hydrogen) atoms. The molecule has 1 rings (SSSR count). The Morgan fingerprint density at radius 1 is 1.33 bits per heavy atom. The van der Waals surface area contributed by atoms with E-state index in [0.29, 0.717) is 13.1 Å². The van der Waals surface area contributed by atoms with Gasteiger partial charge in [0.05, 0.1) is 0 Å². The number of aliphatic carboxylic acids is 1. The van der Waals surface area contributed by atoms with Gasteiger partial charge in [-0.15, -0.1) is 4.83 Å². The molecule has 0 aromatic carbocycles. The SMILES string of the molecule is CC(C(=O)O)S(=O)(=O)NN1CCCCC1. The van der Waals surface area contributed by atoms with Crippen molar-refractivity contribution in [2.75, 3.05) is 13.1 Å². The molecule has 0 bridgehead atoms. The summed E-state index contributed by atoms with van der Waals surface area (Å²) in [5.41, 5.74) is 0. The van der Waals surface area contributed by atoms with Crippen molar-refractivity contribution < 1.29 is 18.3 Å². The van der Waals surface area contributed by atoms with Crippen molar-refractivity contribution >= 4 is 16.0 Å². The van der Waals surface area contributed by atoms with Crippen molar-refractivity contribution in [3.8, 4) is 0 Å². The maximum atomic E-state index is 11.5. The van der Waals surface area contributed by atoms with Gasteiger partial charge in [-0.1, -0.05) is 6.42 Å². The first-order valence-electron chi connectivity index (χ1n) is 4.92. The van der Waals surface area contributed by atoms with Crippen LogP contribution in [0.4, 0.5) is 0 Å². The van der Waals surface area contributed by atoms with E-state index < -0.39 is 21.2 Å². The summed E-state index contributed by atoms with van der Waals surface area (Å²) in [6.07, 6.45) is 2.96. The number of hydrazine groups is 1. The third kappa shape index (κ3) is 3.44. The number of carboxylic acids is 1. The van der Waals surface area contributed by atoms with Crippen LogP contribution >= 0.6 is 0 Å². The average molecular weight is 236 g/mol. The van der Waals surface area contributed by atoms with Crippen LogP contribution < -0.4 is 4.83 Å². The zero-order valence-electron chi connectivity index (χ0n) is 8.64. The number of carbonyl (C=O) groups is 1. The lowest BCUT2D eigenvalue weighted by molar-refractivity contribution is -0.136. The predicted octanol–water partition coefficient (Wildman–Crippen LogP) is -0.220. The van der Waals surface area contributed by atoms with Crippen molar-refractivity contribution in [2.24, 2.45) is 0 Å². The molecule has 2 N–H and O–H groups in total. The molecule has 1 aliphatic heterocycles. The van der Waals surface area contributed by atoms with Gasteiger partial charge in [-0.2, -0.15) is 0 Å². The van der Waals surface area contributed by atoms with Gasteiger partial charge >= 0.3 is 5.97 Å². The molecule has 0 radical (unpaired) electrons. The maximum absolute atomic E-state index is 11.5. The Labute approximate surface area is 89.3 Å². The van der Waals surface area contributed by atoms with E-state index in [0.717, 1.165) is 26.2 Å². The number of carboxylic acid groups (broad SMARTS) is 1. The van der Waals surface area contributed by atoms with Gasteiger partial charge in [0.15, 0.2) is 5.25 Å². The van der Waals surface area contributed by atoms with Crippen LogP contribution in [0.2, 0.25) is 0 Å². The average Bonchev–Trinajstić information content (AvgIpc) is 2.17. The Morgan fingerprint density at radius 3 is 2.33 bits per heavy atom. The number of hydrogen-bond donors (Lipinski definition) is 2. The first-order valence-corrected chi connectivity index (χ1v) is 6.47. The van der Waals surface area contributed by atoms with Crippen LogP contribution in [0, 0.1) is 0 Å². The Hall–Kier alpha value is -0.660. The lowest BCUT2D eigenvalue weighted by Crippen LogP contribution is -2.49. The van der Waals surface area contributed by atoms with E-state index in [2.05, 4.69) is 4.83 Å². The molecular weight excluding hydrogens is 220 g/mol. The second kappa shape index (κ2) is 4.91. The third-order valence-corrected chi connectivity index (χ3v) is 4.07. The van der Waals surface area contributed by atoms with Crippen molar-refractivity contribution in [3.05, 3.63) is 0 Å². The van der Waals surface area contributed by atoms with Crippen LogP contribution in [0.3, 0.4) is 0 Å². The number of nitrogens with zero attached hydrogens (tertiary/aromatic N) is 1. The standard InChI is InChI=1S/C8H16N2O4S/c1-7(8(11)12)15(13,14)9-10-5-3-2-4-6-10/h7,9H,2-6H2,1H3,(H,11,12). The van der Waals surface area contributed by atoms with E-state index in [1.54, 1.807) is 5.01 Å². The van der Waals surface area contributed by atoms with Crippen molar-refractivity contribution in [1.29, 1.82) is 0 Å². The van der Waals surface area contributed by atoms with Crippen molar-refractivity contribution in [3.63, 3.8) is 0 Å². The Balaban J connectivity index is 2.58. The van der Waals surface area contributed by atoms with Gasteiger partial charge in [-0.25, -0.2) is 13.4 Å². The minimum Gasteiger partial charge on any atom is -0.480 e. The molecule has 6 nitrogen and oxygen atoms in total. The maximum Gasteiger partial charge on any atom is 0.323 e. The van der Waals surface area contributed by atoms with Crippen LogP contribution in [-0.4, -0.2) is 42.8 Å². The van der Waals surface area contributed by atoms with Gasteiger partial charge in [-0.3, -0.25) is 4.79 Å². The summed E-state index contributed by atoms with van der Waals surface area (Å²) in [4.78, 5) is 12.9. The normalized spacial score (nSPS) is 21.1. The summed E-state index contributed by atoms with van der Waals surface area (Å²) in [7, 11) is -3.78. The highest BCUT2D eigenvalue weighted by molar-refractivity contribution is 7.90. The summed E-state index contributed by atoms with van der Waals surface area (Å²) >= 11 is 0. The van der Waals surface area contributed by atoms with Gasteiger partial charge in [-0.05, 0) is 19.8 Å². The van der Waals surface area contributed by atoms with Gasteiger partial charge in [0.1, 0.15) is 0 Å². The second-order valence-electron chi connectivity index (χ2n) is 3.66. The zero-order chi connectivity index (χ0) is 11.5. The first kappa shape index (κ1) is 12.4. The van der Waals surface area contributed by atoms with Gasteiger partial charge in [0.25, 0.3) is 0 Å². The first-order chi connectivity index (χ1) is 6.93. The van der Waals surface area contributed by atoms with Crippen LogP contribution in [0.25, 0.3) is 0 Å². The minimum absolute atomic E-state index is 0.644. The van der Waals surface area contributed by atoms with Gasteiger partial charge < -0.3 is 5.11 Å². The number of nitrogens with one attached hydrogen (secondary N) is 1. The fraction of sp³-hybridized carbons (Fsp3) is 0.875. The molecule has 0 aliphatic carbocycles. The number of piperidine rings is 1. The Kier molecular flexibility index (Phi) is 4.06. The molecule has 88 valence electrons. The molecule has 1 atom stereocenters. The summed E-state index contributed by atoms with van der Waals surface area (Å²) < 4.78 is 23.0. The van der Waals surface area contributed by atoms with Crippen molar-refractivity contribution in [1.82, 2.24) is 9.84 Å². The van der Waals surface area contributed by atoms with E-state index >= 15 is 0 Å². The predicted molar refractivity (Wildman–Crippen MR) is 54.6 cm³/mol. The molecule has 7 heteroatoms. The molecular formula is C8H16N2O4S. The van der Waals surface area contributed by atoms with Crippen LogP contribution in [0.5, 0.6) is 0 Å². The highest BCUT2D eigenvalue weighted by Gasteiger charge is 2.29. The Morgan fingerprint density at radius 2 is 1.87 bits per heavy atom. The molecule has 0 spiro atoms. The monoisotopic (exact) mass is 236 g/mol. The van der Waals surface area contributed by atoms with Crippen LogP contribution in [-0.2, 0) is 14.8 Å². The molecule has 0 aromatic rings. The fourth-order valence-electron chi connectivity index (χ4n) is 1.38. The summed E-state index contributed by atoms with van der Waals surface area (Å²) in [5, 5.41) is 8.76.